The molecule has 1 heterocycles. The molecule has 5 nitrogen and oxygen atoms in total. The molecule has 2 rings (SSSR count). The minimum absolute atomic E-state index is 0.137. The van der Waals surface area contributed by atoms with Crippen molar-refractivity contribution in [2.24, 2.45) is 0 Å². The Morgan fingerprint density at radius 2 is 2.15 bits per heavy atom. The third-order valence-electron chi connectivity index (χ3n) is 2.92. The van der Waals surface area contributed by atoms with Gasteiger partial charge in [0.05, 0.1) is 0 Å². The van der Waals surface area contributed by atoms with Crippen LogP contribution in [0.15, 0.2) is 29.2 Å². The quantitative estimate of drug-likeness (QED) is 0.784. The smallest absolute Gasteiger partial charge is 0.303 e. The first kappa shape index (κ1) is 14.7. The molecule has 2 N–H and O–H groups in total. The van der Waals surface area contributed by atoms with Crippen molar-refractivity contribution >= 4 is 23.6 Å². The number of nitrogens with one attached hydrogen (secondary N) is 1. The minimum atomic E-state index is -0.806. The molecule has 0 bridgehead atoms. The van der Waals surface area contributed by atoms with E-state index in [0.29, 0.717) is 25.1 Å². The SMILES string of the molecule is O=C(O)CCCCNC(=O)C1CSc2ccccc2O1. The molecule has 0 aliphatic carbocycles. The number of carbonyl (C=O) groups is 2. The van der Waals surface area contributed by atoms with Crippen molar-refractivity contribution in [3.8, 4) is 5.75 Å². The number of aliphatic carboxylic acids is 1. The molecule has 1 aliphatic heterocycles. The normalized spacial score (nSPS) is 16.9. The van der Waals surface area contributed by atoms with E-state index in [-0.39, 0.29) is 12.3 Å². The summed E-state index contributed by atoms with van der Waals surface area (Å²) in [7, 11) is 0. The molecule has 1 atom stereocenters. The monoisotopic (exact) mass is 295 g/mol. The fourth-order valence-electron chi connectivity index (χ4n) is 1.88. The Kier molecular flexibility index (Phi) is 5.29. The van der Waals surface area contributed by atoms with Gasteiger partial charge >= 0.3 is 5.97 Å². The summed E-state index contributed by atoms with van der Waals surface area (Å²) in [5.74, 6) is 0.398. The van der Waals surface area contributed by atoms with Crippen molar-refractivity contribution < 1.29 is 19.4 Å². The number of hydrogen-bond donors (Lipinski definition) is 2. The first-order valence-corrected chi connectivity index (χ1v) is 7.53. The Labute approximate surface area is 121 Å². The van der Waals surface area contributed by atoms with Crippen LogP contribution in [0.5, 0.6) is 5.75 Å². The van der Waals surface area contributed by atoms with Gasteiger partial charge in [-0.15, -0.1) is 11.8 Å². The van der Waals surface area contributed by atoms with Crippen molar-refractivity contribution in [3.63, 3.8) is 0 Å². The van der Waals surface area contributed by atoms with Crippen LogP contribution in [0.3, 0.4) is 0 Å². The van der Waals surface area contributed by atoms with Crippen LogP contribution in [0, 0.1) is 0 Å². The van der Waals surface area contributed by atoms with E-state index in [9.17, 15) is 9.59 Å². The highest BCUT2D eigenvalue weighted by Crippen LogP contribution is 2.34. The highest BCUT2D eigenvalue weighted by atomic mass is 32.2. The molecule has 0 saturated heterocycles. The summed E-state index contributed by atoms with van der Waals surface area (Å²) in [6.45, 7) is 0.484. The first-order chi connectivity index (χ1) is 9.66. The van der Waals surface area contributed by atoms with E-state index in [1.807, 2.05) is 24.3 Å². The number of carboxylic acid groups (broad SMARTS) is 1. The van der Waals surface area contributed by atoms with Gasteiger partial charge in [-0.1, -0.05) is 12.1 Å². The molecule has 1 aromatic rings. The number of unbranched alkanes of at least 4 members (excludes halogenated alkanes) is 1. The lowest BCUT2D eigenvalue weighted by molar-refractivity contribution is -0.137. The fourth-order valence-corrected chi connectivity index (χ4v) is 2.86. The topological polar surface area (TPSA) is 75.6 Å². The lowest BCUT2D eigenvalue weighted by atomic mass is 10.2. The minimum Gasteiger partial charge on any atom is -0.481 e. The van der Waals surface area contributed by atoms with Gasteiger partial charge in [-0.05, 0) is 25.0 Å². The molecule has 1 unspecified atom stereocenters. The van der Waals surface area contributed by atoms with Gasteiger partial charge in [0.2, 0.25) is 0 Å². The zero-order valence-electron chi connectivity index (χ0n) is 11.0. The molecule has 0 radical (unpaired) electrons. The fraction of sp³-hybridized carbons (Fsp3) is 0.429. The summed E-state index contributed by atoms with van der Waals surface area (Å²) in [5.41, 5.74) is 0. The third-order valence-corrected chi connectivity index (χ3v) is 4.04. The second-order valence-corrected chi connectivity index (χ2v) is 5.57. The summed E-state index contributed by atoms with van der Waals surface area (Å²) < 4.78 is 5.66. The molecule has 20 heavy (non-hydrogen) atoms. The number of benzene rings is 1. The molecule has 0 spiro atoms. The lowest BCUT2D eigenvalue weighted by Crippen LogP contribution is -2.41. The van der Waals surface area contributed by atoms with Crippen LogP contribution in [0.4, 0.5) is 0 Å². The van der Waals surface area contributed by atoms with Crippen LogP contribution < -0.4 is 10.1 Å². The average molecular weight is 295 g/mol. The second-order valence-electron chi connectivity index (χ2n) is 4.51. The van der Waals surface area contributed by atoms with Gasteiger partial charge in [0.25, 0.3) is 5.91 Å². The number of thioether (sulfide) groups is 1. The number of para-hydroxylation sites is 1. The average Bonchev–Trinajstić information content (AvgIpc) is 2.46. The van der Waals surface area contributed by atoms with Crippen molar-refractivity contribution in [1.29, 1.82) is 0 Å². The zero-order valence-corrected chi connectivity index (χ0v) is 11.8. The summed E-state index contributed by atoms with van der Waals surface area (Å²) in [6.07, 6.45) is 0.890. The van der Waals surface area contributed by atoms with E-state index in [1.54, 1.807) is 11.8 Å². The molecule has 6 heteroatoms. The number of amides is 1. The van der Waals surface area contributed by atoms with Crippen LogP contribution in [-0.4, -0.2) is 35.4 Å². The van der Waals surface area contributed by atoms with E-state index in [2.05, 4.69) is 5.32 Å². The number of carbonyl (C=O) groups excluding carboxylic acids is 1. The number of fused-ring (bicyclic) bond motifs is 1. The zero-order chi connectivity index (χ0) is 14.4. The lowest BCUT2D eigenvalue weighted by Gasteiger charge is -2.24. The molecule has 108 valence electrons. The molecule has 1 amide bonds. The van der Waals surface area contributed by atoms with Gasteiger partial charge < -0.3 is 15.2 Å². The van der Waals surface area contributed by atoms with Gasteiger partial charge in [0.1, 0.15) is 5.75 Å². The van der Waals surface area contributed by atoms with E-state index >= 15 is 0 Å². The van der Waals surface area contributed by atoms with Gasteiger partial charge in [0, 0.05) is 23.6 Å². The van der Waals surface area contributed by atoms with E-state index in [0.717, 1.165) is 10.6 Å². The summed E-state index contributed by atoms with van der Waals surface area (Å²) in [4.78, 5) is 23.3. The van der Waals surface area contributed by atoms with Gasteiger partial charge in [0.15, 0.2) is 6.10 Å². The van der Waals surface area contributed by atoms with Gasteiger partial charge in [-0.25, -0.2) is 0 Å². The van der Waals surface area contributed by atoms with Crippen molar-refractivity contribution in [2.75, 3.05) is 12.3 Å². The second kappa shape index (κ2) is 7.19. The summed E-state index contributed by atoms with van der Waals surface area (Å²) in [6, 6.07) is 7.65. The van der Waals surface area contributed by atoms with E-state index in [4.69, 9.17) is 9.84 Å². The number of carboxylic acids is 1. The van der Waals surface area contributed by atoms with Crippen molar-refractivity contribution in [1.82, 2.24) is 5.32 Å². The molecular formula is C14H17NO4S. The van der Waals surface area contributed by atoms with Crippen LogP contribution in [0.1, 0.15) is 19.3 Å². The van der Waals surface area contributed by atoms with Crippen molar-refractivity contribution in [3.05, 3.63) is 24.3 Å². The predicted octanol–water partition coefficient (Wildman–Crippen LogP) is 1.91. The number of ether oxygens (including phenoxy) is 1. The number of hydrogen-bond acceptors (Lipinski definition) is 4. The molecule has 1 aliphatic rings. The molecule has 0 aromatic heterocycles. The third kappa shape index (κ3) is 4.16. The van der Waals surface area contributed by atoms with Crippen LogP contribution in [-0.2, 0) is 9.59 Å². The largest absolute Gasteiger partial charge is 0.481 e. The molecule has 0 fully saturated rings. The maximum atomic E-state index is 11.9. The Balaban J connectivity index is 1.73. The van der Waals surface area contributed by atoms with E-state index < -0.39 is 12.1 Å². The Morgan fingerprint density at radius 3 is 2.95 bits per heavy atom. The highest BCUT2D eigenvalue weighted by molar-refractivity contribution is 7.99. The number of rotatable bonds is 6. The Morgan fingerprint density at radius 1 is 1.35 bits per heavy atom. The molecule has 0 saturated carbocycles. The summed E-state index contributed by atoms with van der Waals surface area (Å²) in [5, 5.41) is 11.3. The van der Waals surface area contributed by atoms with Crippen LogP contribution >= 0.6 is 11.8 Å². The van der Waals surface area contributed by atoms with Crippen LogP contribution in [0.2, 0.25) is 0 Å². The van der Waals surface area contributed by atoms with E-state index in [1.165, 1.54) is 0 Å². The standard InChI is InChI=1S/C14H17NO4S/c16-13(17)7-3-4-8-15-14(18)11-9-20-12-6-2-1-5-10(12)19-11/h1-2,5-6,11H,3-4,7-9H2,(H,15,18)(H,16,17). The Bertz CT molecular complexity index is 492. The predicted molar refractivity (Wildman–Crippen MR) is 76.1 cm³/mol. The maximum Gasteiger partial charge on any atom is 0.303 e. The first-order valence-electron chi connectivity index (χ1n) is 6.55. The summed E-state index contributed by atoms with van der Waals surface area (Å²) >= 11 is 1.61. The van der Waals surface area contributed by atoms with Gasteiger partial charge in [-0.3, -0.25) is 9.59 Å². The molecular weight excluding hydrogens is 278 g/mol. The van der Waals surface area contributed by atoms with Gasteiger partial charge in [-0.2, -0.15) is 0 Å². The Hall–Kier alpha value is -1.69. The van der Waals surface area contributed by atoms with Crippen LogP contribution in [0.25, 0.3) is 0 Å². The molecule has 1 aromatic carbocycles. The highest BCUT2D eigenvalue weighted by Gasteiger charge is 2.25. The van der Waals surface area contributed by atoms with Crippen molar-refractivity contribution in [2.45, 2.75) is 30.3 Å². The maximum absolute atomic E-state index is 11.9.